The van der Waals surface area contributed by atoms with Crippen molar-refractivity contribution in [1.82, 2.24) is 4.31 Å². The van der Waals surface area contributed by atoms with E-state index in [-0.39, 0.29) is 0 Å². The average molecular weight is 243 g/mol. The van der Waals surface area contributed by atoms with Gasteiger partial charge in [-0.1, -0.05) is 0 Å². The van der Waals surface area contributed by atoms with Crippen LogP contribution in [0.3, 0.4) is 0 Å². The Kier molecular flexibility index (Phi) is 3.42. The number of hydrogen-bond acceptors (Lipinski definition) is 4. The first-order valence-electron chi connectivity index (χ1n) is 4.98. The molecule has 0 amide bonds. The molecule has 0 bridgehead atoms. The molecule has 16 heavy (non-hydrogen) atoms. The van der Waals surface area contributed by atoms with Gasteiger partial charge in [0.2, 0.25) is 10.0 Å². The number of ether oxygens (including phenoxy) is 1. The van der Waals surface area contributed by atoms with Gasteiger partial charge in [-0.15, -0.1) is 0 Å². The van der Waals surface area contributed by atoms with E-state index >= 15 is 0 Å². The molecule has 0 aromatic carbocycles. The number of hydrogen-bond donors (Lipinski definition) is 0. The number of rotatable bonds is 3. The first-order valence-corrected chi connectivity index (χ1v) is 6.48. The van der Waals surface area contributed by atoms with Gasteiger partial charge in [0.15, 0.2) is 0 Å². The van der Waals surface area contributed by atoms with Crippen LogP contribution in [-0.4, -0.2) is 39.0 Å². The second-order valence-electron chi connectivity index (χ2n) is 3.37. The summed E-state index contributed by atoms with van der Waals surface area (Å²) >= 11 is 0. The predicted octanol–water partition coefficient (Wildman–Crippen LogP) is 0.912. The van der Waals surface area contributed by atoms with Crippen LogP contribution in [0.25, 0.3) is 6.08 Å². The van der Waals surface area contributed by atoms with Crippen LogP contribution in [-0.2, 0) is 14.8 Å². The molecule has 1 aromatic heterocycles. The highest BCUT2D eigenvalue weighted by Crippen LogP contribution is 2.10. The van der Waals surface area contributed by atoms with E-state index in [9.17, 15) is 8.42 Å². The minimum atomic E-state index is -3.35. The van der Waals surface area contributed by atoms with Gasteiger partial charge in [0.25, 0.3) is 0 Å². The Morgan fingerprint density at radius 2 is 2.06 bits per heavy atom. The molecule has 88 valence electrons. The second kappa shape index (κ2) is 4.82. The van der Waals surface area contributed by atoms with Crippen molar-refractivity contribution in [3.05, 3.63) is 29.6 Å². The lowest BCUT2D eigenvalue weighted by Crippen LogP contribution is -2.39. The molecule has 0 radical (unpaired) electrons. The monoisotopic (exact) mass is 243 g/mol. The van der Waals surface area contributed by atoms with Crippen molar-refractivity contribution in [1.29, 1.82) is 0 Å². The Labute approximate surface area is 94.4 Å². The third kappa shape index (κ3) is 2.72. The maximum absolute atomic E-state index is 11.8. The van der Waals surface area contributed by atoms with Gasteiger partial charge >= 0.3 is 0 Å². The lowest BCUT2D eigenvalue weighted by atomic mass is 10.5. The van der Waals surface area contributed by atoms with E-state index in [1.165, 1.54) is 16.6 Å². The van der Waals surface area contributed by atoms with Crippen LogP contribution in [0, 0.1) is 0 Å². The van der Waals surface area contributed by atoms with E-state index in [4.69, 9.17) is 9.15 Å². The molecule has 5 nitrogen and oxygen atoms in total. The Bertz CT molecular complexity index is 443. The van der Waals surface area contributed by atoms with Crippen LogP contribution in [0.2, 0.25) is 0 Å². The molecular formula is C10H13NO4S. The summed E-state index contributed by atoms with van der Waals surface area (Å²) < 4.78 is 35.2. The number of morpholine rings is 1. The molecule has 2 rings (SSSR count). The molecule has 0 N–H and O–H groups in total. The van der Waals surface area contributed by atoms with Crippen molar-refractivity contribution in [2.24, 2.45) is 0 Å². The van der Waals surface area contributed by atoms with Gasteiger partial charge in [-0.25, -0.2) is 8.42 Å². The van der Waals surface area contributed by atoms with E-state index in [1.54, 1.807) is 12.1 Å². The van der Waals surface area contributed by atoms with Gasteiger partial charge in [-0.2, -0.15) is 4.31 Å². The normalized spacial score (nSPS) is 19.2. The molecule has 6 heteroatoms. The Morgan fingerprint density at radius 3 is 2.69 bits per heavy atom. The maximum atomic E-state index is 11.8. The van der Waals surface area contributed by atoms with Crippen molar-refractivity contribution in [2.45, 2.75) is 0 Å². The van der Waals surface area contributed by atoms with Crippen molar-refractivity contribution in [2.75, 3.05) is 26.3 Å². The van der Waals surface area contributed by atoms with Crippen molar-refractivity contribution in [3.63, 3.8) is 0 Å². The summed E-state index contributed by atoms with van der Waals surface area (Å²) in [5.41, 5.74) is 0. The number of sulfonamides is 1. The molecule has 0 aliphatic carbocycles. The smallest absolute Gasteiger partial charge is 0.236 e. The summed E-state index contributed by atoms with van der Waals surface area (Å²) in [5, 5.41) is 1.16. The van der Waals surface area contributed by atoms with Gasteiger partial charge in [-0.3, -0.25) is 0 Å². The standard InChI is InChI=1S/C10H13NO4S/c12-16(13,11-4-7-14-8-5-11)9-3-10-2-1-6-15-10/h1-3,6,9H,4-5,7-8H2/b9-3+. The molecule has 1 aromatic rings. The zero-order chi connectivity index (χ0) is 11.4. The molecule has 0 atom stereocenters. The first kappa shape index (κ1) is 11.4. The highest BCUT2D eigenvalue weighted by atomic mass is 32.2. The van der Waals surface area contributed by atoms with Gasteiger partial charge in [0.1, 0.15) is 5.76 Å². The molecule has 1 aliphatic rings. The third-order valence-corrected chi connectivity index (χ3v) is 3.84. The van der Waals surface area contributed by atoms with Crippen LogP contribution >= 0.6 is 0 Å². The third-order valence-electron chi connectivity index (χ3n) is 2.28. The summed E-state index contributed by atoms with van der Waals surface area (Å²) in [6.07, 6.45) is 2.95. The van der Waals surface area contributed by atoms with E-state index in [0.29, 0.717) is 32.1 Å². The van der Waals surface area contributed by atoms with Crippen molar-refractivity contribution < 1.29 is 17.6 Å². The van der Waals surface area contributed by atoms with Crippen molar-refractivity contribution in [3.8, 4) is 0 Å². The Balaban J connectivity index is 2.07. The van der Waals surface area contributed by atoms with Crippen LogP contribution in [0.4, 0.5) is 0 Å². The molecule has 1 fully saturated rings. The van der Waals surface area contributed by atoms with E-state index < -0.39 is 10.0 Å². The maximum Gasteiger partial charge on any atom is 0.236 e. The minimum absolute atomic E-state index is 0.408. The van der Waals surface area contributed by atoms with E-state index in [2.05, 4.69) is 0 Å². The fraction of sp³-hybridized carbons (Fsp3) is 0.400. The van der Waals surface area contributed by atoms with Crippen LogP contribution in [0.1, 0.15) is 5.76 Å². The van der Waals surface area contributed by atoms with Crippen LogP contribution < -0.4 is 0 Å². The van der Waals surface area contributed by atoms with Crippen LogP contribution in [0.5, 0.6) is 0 Å². The minimum Gasteiger partial charge on any atom is -0.465 e. The molecular weight excluding hydrogens is 230 g/mol. The topological polar surface area (TPSA) is 59.8 Å². The Hall–Kier alpha value is -1.11. The molecule has 1 aliphatic heterocycles. The van der Waals surface area contributed by atoms with Gasteiger partial charge in [-0.05, 0) is 18.2 Å². The predicted molar refractivity (Wildman–Crippen MR) is 59.1 cm³/mol. The fourth-order valence-corrected chi connectivity index (χ4v) is 2.56. The molecule has 1 saturated heterocycles. The summed E-state index contributed by atoms with van der Waals surface area (Å²) in [4.78, 5) is 0. The summed E-state index contributed by atoms with van der Waals surface area (Å²) in [7, 11) is -3.35. The summed E-state index contributed by atoms with van der Waals surface area (Å²) in [6.45, 7) is 1.72. The quantitative estimate of drug-likeness (QED) is 0.791. The zero-order valence-corrected chi connectivity index (χ0v) is 9.52. The molecule has 0 spiro atoms. The number of nitrogens with zero attached hydrogens (tertiary/aromatic N) is 1. The lowest BCUT2D eigenvalue weighted by Gasteiger charge is -2.24. The van der Waals surface area contributed by atoms with Crippen LogP contribution in [0.15, 0.2) is 28.2 Å². The molecule has 2 heterocycles. The molecule has 0 unspecified atom stereocenters. The highest BCUT2D eigenvalue weighted by molar-refractivity contribution is 7.92. The largest absolute Gasteiger partial charge is 0.465 e. The van der Waals surface area contributed by atoms with E-state index in [0.717, 1.165) is 5.41 Å². The Morgan fingerprint density at radius 1 is 1.31 bits per heavy atom. The number of furan rings is 1. The van der Waals surface area contributed by atoms with E-state index in [1.807, 2.05) is 0 Å². The second-order valence-corrected chi connectivity index (χ2v) is 5.19. The zero-order valence-electron chi connectivity index (χ0n) is 8.70. The first-order chi connectivity index (χ1) is 7.68. The van der Waals surface area contributed by atoms with Gasteiger partial charge in [0.05, 0.1) is 19.5 Å². The van der Waals surface area contributed by atoms with Gasteiger partial charge < -0.3 is 9.15 Å². The highest BCUT2D eigenvalue weighted by Gasteiger charge is 2.21. The van der Waals surface area contributed by atoms with Crippen molar-refractivity contribution >= 4 is 16.1 Å². The summed E-state index contributed by atoms with van der Waals surface area (Å²) in [6, 6.07) is 3.41. The lowest BCUT2D eigenvalue weighted by molar-refractivity contribution is 0.0736. The summed E-state index contributed by atoms with van der Waals surface area (Å²) in [5.74, 6) is 0.525. The van der Waals surface area contributed by atoms with Gasteiger partial charge in [0, 0.05) is 18.5 Å². The molecule has 0 saturated carbocycles. The fourth-order valence-electron chi connectivity index (χ4n) is 1.43. The average Bonchev–Trinajstić information content (AvgIpc) is 2.81. The SMILES string of the molecule is O=S(=O)(/C=C/c1ccco1)N1CCOCC1.